The van der Waals surface area contributed by atoms with Gasteiger partial charge in [-0.1, -0.05) is 0 Å². The first kappa shape index (κ1) is 14.6. The molecule has 0 aliphatic heterocycles. The van der Waals surface area contributed by atoms with Crippen LogP contribution in [0.4, 0.5) is 15.3 Å². The lowest BCUT2D eigenvalue weighted by molar-refractivity contribution is 0.138. The molecule has 0 atom stereocenters. The average molecular weight is 268 g/mol. The van der Waals surface area contributed by atoms with Crippen LogP contribution in [-0.2, 0) is 9.47 Å². The predicted octanol–water partition coefficient (Wildman–Crippen LogP) is 2.02. The summed E-state index contributed by atoms with van der Waals surface area (Å²) >= 11 is 0. The van der Waals surface area contributed by atoms with Crippen molar-refractivity contribution in [1.29, 1.82) is 0 Å². The Morgan fingerprint density at radius 1 is 1.16 bits per heavy atom. The summed E-state index contributed by atoms with van der Waals surface area (Å²) in [6.45, 7) is 3.64. The number of aromatic hydroxyl groups is 1. The maximum Gasteiger partial charge on any atom is 0.433 e. The molecule has 0 radical (unpaired) electrons. The molecule has 7 nitrogen and oxygen atoms in total. The second-order valence-corrected chi connectivity index (χ2v) is 3.38. The van der Waals surface area contributed by atoms with Gasteiger partial charge in [-0.05, 0) is 38.1 Å². The maximum absolute atomic E-state index is 11.7. The SMILES string of the molecule is CCOC(=O)NN(C(=O)OCC)c1ccc(O)cc1. The standard InChI is InChI=1S/C12H16N2O5/c1-3-18-11(16)13-14(12(17)19-4-2)9-5-7-10(15)8-6-9/h5-8,15H,3-4H2,1-2H3,(H,13,16). The molecule has 1 aromatic carbocycles. The minimum absolute atomic E-state index is 0.0451. The van der Waals surface area contributed by atoms with Crippen LogP contribution in [0.2, 0.25) is 0 Å². The zero-order valence-corrected chi connectivity index (χ0v) is 10.8. The van der Waals surface area contributed by atoms with E-state index in [-0.39, 0.29) is 19.0 Å². The van der Waals surface area contributed by atoms with E-state index in [1.165, 1.54) is 24.3 Å². The van der Waals surface area contributed by atoms with Crippen LogP contribution in [0.25, 0.3) is 0 Å². The molecular formula is C12H16N2O5. The number of phenolic OH excluding ortho intramolecular Hbond substituents is 1. The van der Waals surface area contributed by atoms with E-state index in [0.717, 1.165) is 5.01 Å². The summed E-state index contributed by atoms with van der Waals surface area (Å²) in [5.74, 6) is 0.0451. The fourth-order valence-electron chi connectivity index (χ4n) is 1.26. The molecule has 0 saturated carbocycles. The fraction of sp³-hybridized carbons (Fsp3) is 0.333. The lowest BCUT2D eigenvalue weighted by Gasteiger charge is -2.21. The van der Waals surface area contributed by atoms with Crippen molar-refractivity contribution in [2.24, 2.45) is 0 Å². The van der Waals surface area contributed by atoms with E-state index in [1.807, 2.05) is 0 Å². The number of hydrogen-bond donors (Lipinski definition) is 2. The first-order chi connectivity index (χ1) is 9.08. The molecule has 2 N–H and O–H groups in total. The quantitative estimate of drug-likeness (QED) is 0.819. The number of benzene rings is 1. The monoisotopic (exact) mass is 268 g/mol. The number of hydrogen-bond acceptors (Lipinski definition) is 5. The molecule has 0 fully saturated rings. The van der Waals surface area contributed by atoms with Gasteiger partial charge in [-0.3, -0.25) is 0 Å². The summed E-state index contributed by atoms with van der Waals surface area (Å²) in [6, 6.07) is 5.68. The Hall–Kier alpha value is -2.44. The molecule has 0 saturated heterocycles. The molecule has 7 heteroatoms. The summed E-state index contributed by atoms with van der Waals surface area (Å²) in [7, 11) is 0. The molecule has 0 aliphatic rings. The van der Waals surface area contributed by atoms with E-state index in [0.29, 0.717) is 5.69 Å². The van der Waals surface area contributed by atoms with Crippen molar-refractivity contribution < 1.29 is 24.2 Å². The van der Waals surface area contributed by atoms with Crippen molar-refractivity contribution >= 4 is 17.9 Å². The highest BCUT2D eigenvalue weighted by Crippen LogP contribution is 2.17. The summed E-state index contributed by atoms with van der Waals surface area (Å²) in [5.41, 5.74) is 2.59. The number of phenols is 1. The molecule has 0 aromatic heterocycles. The van der Waals surface area contributed by atoms with Crippen LogP contribution < -0.4 is 10.4 Å². The fourth-order valence-corrected chi connectivity index (χ4v) is 1.26. The molecule has 0 bridgehead atoms. The number of ether oxygens (including phenoxy) is 2. The number of carbonyl (C=O) groups excluding carboxylic acids is 2. The van der Waals surface area contributed by atoms with Crippen molar-refractivity contribution in [2.45, 2.75) is 13.8 Å². The zero-order valence-electron chi connectivity index (χ0n) is 10.8. The van der Waals surface area contributed by atoms with Gasteiger partial charge in [0.25, 0.3) is 0 Å². The normalized spacial score (nSPS) is 9.58. The highest BCUT2D eigenvalue weighted by Gasteiger charge is 2.20. The highest BCUT2D eigenvalue weighted by atomic mass is 16.6. The largest absolute Gasteiger partial charge is 0.508 e. The number of nitrogens with one attached hydrogen (secondary N) is 1. The van der Waals surface area contributed by atoms with E-state index >= 15 is 0 Å². The molecule has 1 rings (SSSR count). The Balaban J connectivity index is 2.88. The molecule has 1 aromatic rings. The first-order valence-corrected chi connectivity index (χ1v) is 5.77. The van der Waals surface area contributed by atoms with Gasteiger partial charge in [0.15, 0.2) is 0 Å². The van der Waals surface area contributed by atoms with Gasteiger partial charge in [-0.2, -0.15) is 5.01 Å². The third kappa shape index (κ3) is 4.38. The van der Waals surface area contributed by atoms with Crippen LogP contribution in [0.5, 0.6) is 5.75 Å². The maximum atomic E-state index is 11.7. The van der Waals surface area contributed by atoms with E-state index in [9.17, 15) is 14.7 Å². The van der Waals surface area contributed by atoms with Gasteiger partial charge in [0, 0.05) is 0 Å². The van der Waals surface area contributed by atoms with Crippen LogP contribution in [0, 0.1) is 0 Å². The minimum Gasteiger partial charge on any atom is -0.508 e. The second kappa shape index (κ2) is 7.10. The Morgan fingerprint density at radius 2 is 1.74 bits per heavy atom. The van der Waals surface area contributed by atoms with Crippen molar-refractivity contribution in [3.05, 3.63) is 24.3 Å². The highest BCUT2D eigenvalue weighted by molar-refractivity contribution is 5.90. The average Bonchev–Trinajstić information content (AvgIpc) is 2.38. The summed E-state index contributed by atoms with van der Waals surface area (Å²) in [5, 5.41) is 10.1. The lowest BCUT2D eigenvalue weighted by Crippen LogP contribution is -2.47. The second-order valence-electron chi connectivity index (χ2n) is 3.38. The van der Waals surface area contributed by atoms with E-state index in [2.05, 4.69) is 5.43 Å². The molecule has 0 aliphatic carbocycles. The Kier molecular flexibility index (Phi) is 5.46. The Bertz CT molecular complexity index is 432. The van der Waals surface area contributed by atoms with Gasteiger partial charge >= 0.3 is 12.2 Å². The molecule has 2 amide bonds. The minimum atomic E-state index is -0.774. The van der Waals surface area contributed by atoms with Crippen LogP contribution in [-0.4, -0.2) is 30.5 Å². The smallest absolute Gasteiger partial charge is 0.433 e. The number of amides is 2. The van der Waals surface area contributed by atoms with Crippen LogP contribution in [0.15, 0.2) is 24.3 Å². The van der Waals surface area contributed by atoms with E-state index in [1.54, 1.807) is 13.8 Å². The van der Waals surface area contributed by atoms with Crippen LogP contribution >= 0.6 is 0 Å². The number of rotatable bonds is 3. The Morgan fingerprint density at radius 3 is 2.26 bits per heavy atom. The first-order valence-electron chi connectivity index (χ1n) is 5.77. The third-order valence-corrected chi connectivity index (χ3v) is 2.04. The van der Waals surface area contributed by atoms with Crippen molar-refractivity contribution in [3.8, 4) is 5.75 Å². The van der Waals surface area contributed by atoms with E-state index in [4.69, 9.17) is 9.47 Å². The zero-order chi connectivity index (χ0) is 14.3. The number of carbonyl (C=O) groups is 2. The van der Waals surface area contributed by atoms with Gasteiger partial charge in [0.1, 0.15) is 5.75 Å². The van der Waals surface area contributed by atoms with Crippen molar-refractivity contribution in [1.82, 2.24) is 5.43 Å². The van der Waals surface area contributed by atoms with E-state index < -0.39 is 12.2 Å². The van der Waals surface area contributed by atoms with Crippen molar-refractivity contribution in [2.75, 3.05) is 18.2 Å². The third-order valence-electron chi connectivity index (χ3n) is 2.04. The van der Waals surface area contributed by atoms with Crippen LogP contribution in [0.1, 0.15) is 13.8 Å². The number of anilines is 1. The molecule has 0 spiro atoms. The lowest BCUT2D eigenvalue weighted by atomic mass is 10.3. The van der Waals surface area contributed by atoms with Gasteiger partial charge < -0.3 is 14.6 Å². The van der Waals surface area contributed by atoms with Gasteiger partial charge in [0.05, 0.1) is 18.9 Å². The summed E-state index contributed by atoms with van der Waals surface area (Å²) in [6.07, 6.45) is -1.52. The van der Waals surface area contributed by atoms with Gasteiger partial charge in [-0.15, -0.1) is 0 Å². The molecular weight excluding hydrogens is 252 g/mol. The predicted molar refractivity (Wildman–Crippen MR) is 67.8 cm³/mol. The summed E-state index contributed by atoms with van der Waals surface area (Å²) in [4.78, 5) is 23.1. The van der Waals surface area contributed by atoms with Gasteiger partial charge in [-0.25, -0.2) is 15.0 Å². The molecule has 19 heavy (non-hydrogen) atoms. The summed E-state index contributed by atoms with van der Waals surface area (Å²) < 4.78 is 9.52. The molecule has 0 unspecified atom stereocenters. The Labute approximate surface area is 110 Å². The molecule has 104 valence electrons. The van der Waals surface area contributed by atoms with Crippen molar-refractivity contribution in [3.63, 3.8) is 0 Å². The number of nitrogens with zero attached hydrogens (tertiary/aromatic N) is 1. The van der Waals surface area contributed by atoms with Gasteiger partial charge in [0.2, 0.25) is 0 Å². The topological polar surface area (TPSA) is 88.1 Å². The number of hydrazine groups is 1. The molecule has 0 heterocycles. The van der Waals surface area contributed by atoms with Crippen LogP contribution in [0.3, 0.4) is 0 Å².